The maximum Gasteiger partial charge on any atom is 1.00 e. The minimum absolute atomic E-state index is 0. The Bertz CT molecular complexity index is 51.0. The van der Waals surface area contributed by atoms with Gasteiger partial charge in [0.2, 0.25) is 0 Å². The van der Waals surface area contributed by atoms with E-state index in [1.807, 2.05) is 0 Å². The van der Waals surface area contributed by atoms with E-state index in [1.54, 1.807) is 0 Å². The maximum atomic E-state index is 4.68. The van der Waals surface area contributed by atoms with Gasteiger partial charge in [-0.2, -0.15) is 0 Å². The summed E-state index contributed by atoms with van der Waals surface area (Å²) in [4.78, 5) is 0. The third-order valence-electron chi connectivity index (χ3n) is 0.118. The summed E-state index contributed by atoms with van der Waals surface area (Å²) >= 11 is 8.55. The Hall–Kier alpha value is 1.67. The smallest absolute Gasteiger partial charge is 0.412 e. The van der Waals surface area contributed by atoms with Gasteiger partial charge in [0, 0.05) is 0 Å². The summed E-state index contributed by atoms with van der Waals surface area (Å²) in [5.41, 5.74) is 2.07. The van der Waals surface area contributed by atoms with Gasteiger partial charge in [-0.25, -0.2) is 0 Å². The zero-order valence-electron chi connectivity index (χ0n) is 3.89. The van der Waals surface area contributed by atoms with Crippen LogP contribution in [-0.2, 0) is 12.6 Å². The van der Waals surface area contributed by atoms with E-state index in [1.165, 1.54) is 0 Å². The molecule has 7 heavy (non-hydrogen) atoms. The molecule has 6 heteroatoms. The van der Waals surface area contributed by atoms with Crippen LogP contribution >= 0.6 is 12.2 Å². The molecule has 0 unspecified atom stereocenters. The quantitative estimate of drug-likeness (QED) is 0.124. The fourth-order valence-electron chi connectivity index (χ4n) is 0. The maximum absolute atomic E-state index is 4.68. The van der Waals surface area contributed by atoms with Gasteiger partial charge in [0.25, 0.3) is 0 Å². The van der Waals surface area contributed by atoms with E-state index in [2.05, 4.69) is 36.1 Å². The van der Waals surface area contributed by atoms with Crippen molar-refractivity contribution in [2.45, 2.75) is 0 Å². The number of hydrazine groups is 1. The van der Waals surface area contributed by atoms with Gasteiger partial charge in [-0.3, -0.25) is 5.84 Å². The van der Waals surface area contributed by atoms with E-state index < -0.39 is 0 Å². The van der Waals surface area contributed by atoms with Crippen molar-refractivity contribution in [2.24, 2.45) is 5.84 Å². The summed E-state index contributed by atoms with van der Waals surface area (Å²) in [6.07, 6.45) is 0. The predicted molar refractivity (Wildman–Crippen MR) is 30.9 cm³/mol. The van der Waals surface area contributed by atoms with Crippen LogP contribution in [0.5, 0.6) is 0 Å². The first-order valence-corrected chi connectivity index (χ1v) is 1.76. The van der Waals surface area contributed by atoms with Gasteiger partial charge >= 0.3 is 51.4 Å². The third kappa shape index (κ3) is 18.3. The van der Waals surface area contributed by atoms with Crippen LogP contribution in [0.25, 0.3) is 0 Å². The van der Waals surface area contributed by atoms with E-state index in [0.717, 1.165) is 0 Å². The number of hydrogen-bond acceptors (Lipinski definition) is 3. The molecule has 0 amide bonds. The van der Waals surface area contributed by atoms with E-state index in [-0.39, 0.29) is 61.2 Å². The van der Waals surface area contributed by atoms with Crippen molar-refractivity contribution in [3.05, 3.63) is 0 Å². The monoisotopic (exact) mass is 164 g/mol. The van der Waals surface area contributed by atoms with Crippen LogP contribution < -0.4 is 62.7 Å². The second kappa shape index (κ2) is 10.6. The summed E-state index contributed by atoms with van der Waals surface area (Å²) in [5, 5.41) is 0. The second-order valence-electron chi connectivity index (χ2n) is 0.432. The number of hydrogen-bond donors (Lipinski definition) is 2. The van der Waals surface area contributed by atoms with Gasteiger partial charge < -0.3 is 35.7 Å². The molecule has 0 spiro atoms. The van der Waals surface area contributed by atoms with Crippen LogP contribution in [0.3, 0.4) is 0 Å². The van der Waals surface area contributed by atoms with Crippen LogP contribution in [0.1, 0.15) is 0 Å². The molecule has 0 saturated heterocycles. The Morgan fingerprint density at radius 3 is 1.86 bits per heavy atom. The molecular weight excluding hydrogens is 159 g/mol. The first-order chi connectivity index (χ1) is 2.27. The molecule has 0 atom stereocenters. The van der Waals surface area contributed by atoms with Gasteiger partial charge in [-0.1, -0.05) is 4.32 Å². The molecule has 0 fully saturated rings. The van der Waals surface area contributed by atoms with Crippen molar-refractivity contribution in [2.75, 3.05) is 0 Å². The molecule has 0 aliphatic carbocycles. The summed E-state index contributed by atoms with van der Waals surface area (Å²) in [6, 6.07) is 0. The Labute approximate surface area is 95.5 Å². The average Bonchev–Trinajstić information content (AvgIpc) is 1.38. The topological polar surface area (TPSA) is 69.5 Å². The van der Waals surface area contributed by atoms with E-state index in [9.17, 15) is 0 Å². The summed E-state index contributed by atoms with van der Waals surface area (Å²) < 4.78 is 0.199. The molecule has 0 aromatic rings. The van der Waals surface area contributed by atoms with Crippen LogP contribution in [0.2, 0.25) is 0 Å². The Morgan fingerprint density at radius 1 is 1.71 bits per heavy atom. The molecule has 0 aliphatic heterocycles. The Kier molecular flexibility index (Phi) is 24.0. The standard InChI is InChI=1S/CH4N2S2.K.H2O/c2-3-1(4)5;;/h2H2,(H2,3,4,5);;1H2/q;+1;/p-1. The number of rotatable bonds is 0. The molecule has 38 valence electrons. The normalized spacial score (nSPS) is 4.71. The number of nitrogens with one attached hydrogen (secondary N) is 1. The van der Waals surface area contributed by atoms with Gasteiger partial charge in [0.05, 0.1) is 0 Å². The van der Waals surface area contributed by atoms with Crippen molar-refractivity contribution in [3.63, 3.8) is 0 Å². The molecular formula is CH5KN2OS2. The van der Waals surface area contributed by atoms with Gasteiger partial charge in [-0.15, -0.1) is 0 Å². The predicted octanol–water partition coefficient (Wildman–Crippen LogP) is -4.54. The number of nitrogens with two attached hydrogens (primary N) is 1. The third-order valence-corrected chi connectivity index (χ3v) is 0.354. The molecule has 0 bridgehead atoms. The molecule has 0 radical (unpaired) electrons. The van der Waals surface area contributed by atoms with Gasteiger partial charge in [0.15, 0.2) is 0 Å². The summed E-state index contributed by atoms with van der Waals surface area (Å²) in [7, 11) is 0. The van der Waals surface area contributed by atoms with E-state index in [0.29, 0.717) is 0 Å². The zero-order chi connectivity index (χ0) is 4.28. The van der Waals surface area contributed by atoms with Gasteiger partial charge in [-0.05, 0) is 0 Å². The average molecular weight is 164 g/mol. The van der Waals surface area contributed by atoms with Crippen molar-refractivity contribution in [3.8, 4) is 0 Å². The Balaban J connectivity index is -0.0000000800. The molecule has 0 aliphatic rings. The van der Waals surface area contributed by atoms with Gasteiger partial charge in [0.1, 0.15) is 0 Å². The van der Waals surface area contributed by atoms with Crippen LogP contribution in [-0.4, -0.2) is 9.80 Å². The first kappa shape index (κ1) is 15.9. The van der Waals surface area contributed by atoms with Crippen molar-refractivity contribution < 1.29 is 56.9 Å². The fourth-order valence-corrected chi connectivity index (χ4v) is 0. The SMILES string of the molecule is NNC(=S)[S-].O.[K+]. The van der Waals surface area contributed by atoms with E-state index >= 15 is 0 Å². The van der Waals surface area contributed by atoms with Crippen molar-refractivity contribution in [1.82, 2.24) is 5.43 Å². The molecule has 0 aromatic carbocycles. The van der Waals surface area contributed by atoms with E-state index in [4.69, 9.17) is 0 Å². The van der Waals surface area contributed by atoms with Crippen LogP contribution in [0, 0.1) is 0 Å². The van der Waals surface area contributed by atoms with Crippen molar-refractivity contribution >= 4 is 29.2 Å². The zero-order valence-corrected chi connectivity index (χ0v) is 8.65. The van der Waals surface area contributed by atoms with Crippen LogP contribution in [0.15, 0.2) is 0 Å². The summed E-state index contributed by atoms with van der Waals surface area (Å²) in [6.45, 7) is 0. The van der Waals surface area contributed by atoms with Crippen LogP contribution in [0.4, 0.5) is 0 Å². The molecule has 0 saturated carbocycles. The minimum atomic E-state index is 0. The molecule has 5 N–H and O–H groups in total. The fraction of sp³-hybridized carbons (Fsp3) is 0. The molecule has 0 rings (SSSR count). The summed E-state index contributed by atoms with van der Waals surface area (Å²) in [5.74, 6) is 4.68. The molecule has 0 heterocycles. The second-order valence-corrected chi connectivity index (χ2v) is 1.51. The first-order valence-electron chi connectivity index (χ1n) is 0.947. The largest absolute Gasteiger partial charge is 1.00 e. The van der Waals surface area contributed by atoms with Crippen molar-refractivity contribution in [1.29, 1.82) is 0 Å². The molecule has 0 aromatic heterocycles. The minimum Gasteiger partial charge on any atom is -0.412 e. The number of thiocarbonyl (C=S) groups is 1. The molecule has 3 nitrogen and oxygen atoms in total. The Morgan fingerprint density at radius 2 is 1.86 bits per heavy atom.